The minimum Gasteiger partial charge on any atom is -0.496 e. The summed E-state index contributed by atoms with van der Waals surface area (Å²) in [6, 6.07) is 5.73. The van der Waals surface area contributed by atoms with Crippen molar-refractivity contribution in [1.82, 2.24) is 0 Å². The van der Waals surface area contributed by atoms with Crippen LogP contribution in [-0.2, 0) is 0 Å². The van der Waals surface area contributed by atoms with Gasteiger partial charge in [0.25, 0.3) is 0 Å². The minimum atomic E-state index is 0.837. The lowest BCUT2D eigenvalue weighted by atomic mass is 10.2. The van der Waals surface area contributed by atoms with E-state index in [1.165, 1.54) is 6.21 Å². The summed E-state index contributed by atoms with van der Waals surface area (Å²) in [6.07, 6.45) is 3.31. The fraction of sp³-hybridized carbons (Fsp3) is 0.222. The molecule has 0 saturated heterocycles. The number of rotatable bonds is 3. The fourth-order valence-corrected chi connectivity index (χ4v) is 1.49. The third kappa shape index (κ3) is 1.80. The Bertz CT molecular complexity index is 286. The first-order valence-electron chi connectivity index (χ1n) is 3.54. The van der Waals surface area contributed by atoms with E-state index in [0.717, 1.165) is 16.2 Å². The maximum atomic E-state index is 7.06. The highest BCUT2D eigenvalue weighted by molar-refractivity contribution is 7.98. The van der Waals surface area contributed by atoms with Crippen molar-refractivity contribution in [3.05, 3.63) is 23.8 Å². The van der Waals surface area contributed by atoms with Gasteiger partial charge < -0.3 is 10.1 Å². The number of thioether (sulfide) groups is 1. The van der Waals surface area contributed by atoms with Crippen LogP contribution in [-0.4, -0.2) is 19.6 Å². The predicted octanol–water partition coefficient (Wildman–Crippen LogP) is 2.41. The SMILES string of the molecule is COc1cc(C=N)ccc1SC. The molecule has 0 amide bonds. The number of hydrogen-bond donors (Lipinski definition) is 1. The van der Waals surface area contributed by atoms with Gasteiger partial charge in [-0.25, -0.2) is 0 Å². The van der Waals surface area contributed by atoms with Gasteiger partial charge in [-0.05, 0) is 24.0 Å². The van der Waals surface area contributed by atoms with Crippen molar-refractivity contribution >= 4 is 18.0 Å². The second kappa shape index (κ2) is 4.16. The predicted molar refractivity (Wildman–Crippen MR) is 52.7 cm³/mol. The third-order valence-corrected chi connectivity index (χ3v) is 2.35. The van der Waals surface area contributed by atoms with Gasteiger partial charge in [0, 0.05) is 11.1 Å². The Morgan fingerprint density at radius 3 is 2.75 bits per heavy atom. The van der Waals surface area contributed by atoms with Crippen LogP contribution in [0.4, 0.5) is 0 Å². The molecule has 0 saturated carbocycles. The lowest BCUT2D eigenvalue weighted by Crippen LogP contribution is -1.88. The lowest BCUT2D eigenvalue weighted by molar-refractivity contribution is 0.405. The normalized spacial score (nSPS) is 9.50. The maximum Gasteiger partial charge on any atom is 0.133 e. The van der Waals surface area contributed by atoms with Gasteiger partial charge in [-0.2, -0.15) is 0 Å². The molecule has 0 aromatic heterocycles. The van der Waals surface area contributed by atoms with Crippen molar-refractivity contribution < 1.29 is 4.74 Å². The topological polar surface area (TPSA) is 33.1 Å². The molecular formula is C9H11NOS. The highest BCUT2D eigenvalue weighted by Crippen LogP contribution is 2.27. The van der Waals surface area contributed by atoms with E-state index in [-0.39, 0.29) is 0 Å². The largest absolute Gasteiger partial charge is 0.496 e. The van der Waals surface area contributed by atoms with Gasteiger partial charge in [0.05, 0.1) is 7.11 Å². The highest BCUT2D eigenvalue weighted by Gasteiger charge is 2.00. The summed E-state index contributed by atoms with van der Waals surface area (Å²) in [6.45, 7) is 0. The van der Waals surface area contributed by atoms with Crippen molar-refractivity contribution in [2.75, 3.05) is 13.4 Å². The van der Waals surface area contributed by atoms with Crippen molar-refractivity contribution in [3.8, 4) is 5.75 Å². The molecule has 0 heterocycles. The lowest BCUT2D eigenvalue weighted by Gasteiger charge is -2.05. The van der Waals surface area contributed by atoms with Gasteiger partial charge in [0.1, 0.15) is 5.75 Å². The summed E-state index contributed by atoms with van der Waals surface area (Å²) in [5, 5.41) is 7.06. The van der Waals surface area contributed by atoms with Gasteiger partial charge in [-0.3, -0.25) is 0 Å². The molecule has 0 aliphatic carbocycles. The molecule has 1 aromatic carbocycles. The van der Waals surface area contributed by atoms with Gasteiger partial charge in [-0.1, -0.05) is 6.07 Å². The maximum absolute atomic E-state index is 7.06. The van der Waals surface area contributed by atoms with E-state index >= 15 is 0 Å². The van der Waals surface area contributed by atoms with E-state index < -0.39 is 0 Å². The fourth-order valence-electron chi connectivity index (χ4n) is 0.943. The van der Waals surface area contributed by atoms with Crippen molar-refractivity contribution in [2.45, 2.75) is 4.90 Å². The number of methoxy groups -OCH3 is 1. The summed E-state index contributed by atoms with van der Waals surface area (Å²) in [5.41, 5.74) is 0.865. The van der Waals surface area contributed by atoms with Crippen molar-refractivity contribution in [1.29, 1.82) is 5.41 Å². The Hall–Kier alpha value is -0.960. The van der Waals surface area contributed by atoms with Crippen LogP contribution in [0.25, 0.3) is 0 Å². The van der Waals surface area contributed by atoms with E-state index in [9.17, 15) is 0 Å². The van der Waals surface area contributed by atoms with Crippen LogP contribution in [0.2, 0.25) is 0 Å². The Morgan fingerprint density at radius 1 is 1.50 bits per heavy atom. The second-order valence-electron chi connectivity index (χ2n) is 2.26. The summed E-state index contributed by atoms with van der Waals surface area (Å²) in [4.78, 5) is 1.10. The zero-order valence-corrected chi connectivity index (χ0v) is 7.94. The first-order chi connectivity index (χ1) is 5.81. The van der Waals surface area contributed by atoms with Crippen LogP contribution in [0.5, 0.6) is 5.75 Å². The van der Waals surface area contributed by atoms with E-state index in [1.807, 2.05) is 24.5 Å². The molecule has 1 aromatic rings. The van der Waals surface area contributed by atoms with Crippen LogP contribution < -0.4 is 4.74 Å². The van der Waals surface area contributed by atoms with Crippen LogP contribution in [0.3, 0.4) is 0 Å². The molecule has 0 bridgehead atoms. The molecule has 0 aliphatic rings. The van der Waals surface area contributed by atoms with Crippen LogP contribution in [0, 0.1) is 5.41 Å². The monoisotopic (exact) mass is 181 g/mol. The second-order valence-corrected chi connectivity index (χ2v) is 3.11. The number of nitrogens with one attached hydrogen (secondary N) is 1. The van der Waals surface area contributed by atoms with Gasteiger partial charge in [-0.15, -0.1) is 11.8 Å². The molecule has 2 nitrogen and oxygen atoms in total. The number of ether oxygens (including phenoxy) is 1. The molecule has 0 atom stereocenters. The molecule has 12 heavy (non-hydrogen) atoms. The summed E-state index contributed by atoms with van der Waals surface area (Å²) in [7, 11) is 1.64. The van der Waals surface area contributed by atoms with Crippen LogP contribution in [0.1, 0.15) is 5.56 Å². The molecule has 3 heteroatoms. The molecule has 1 rings (SSSR count). The Balaban J connectivity index is 3.10. The third-order valence-electron chi connectivity index (χ3n) is 1.57. The van der Waals surface area contributed by atoms with E-state index in [0.29, 0.717) is 0 Å². The molecule has 0 unspecified atom stereocenters. The molecular weight excluding hydrogens is 170 g/mol. The standard InChI is InChI=1S/C9H11NOS/c1-11-8-5-7(6-10)3-4-9(8)12-2/h3-6,10H,1-2H3. The Labute approximate surface area is 76.4 Å². The van der Waals surface area contributed by atoms with Gasteiger partial charge in [0.15, 0.2) is 0 Å². The molecule has 0 spiro atoms. The van der Waals surface area contributed by atoms with Crippen molar-refractivity contribution in [3.63, 3.8) is 0 Å². The van der Waals surface area contributed by atoms with Crippen LogP contribution >= 0.6 is 11.8 Å². The Kier molecular flexibility index (Phi) is 3.17. The van der Waals surface area contributed by atoms with Gasteiger partial charge in [0.2, 0.25) is 0 Å². The molecule has 64 valence electrons. The van der Waals surface area contributed by atoms with Crippen molar-refractivity contribution in [2.24, 2.45) is 0 Å². The minimum absolute atomic E-state index is 0.837. The quantitative estimate of drug-likeness (QED) is 0.574. The average molecular weight is 181 g/mol. The molecule has 1 N–H and O–H groups in total. The zero-order valence-electron chi connectivity index (χ0n) is 7.13. The average Bonchev–Trinajstić information content (AvgIpc) is 2.16. The molecule has 0 fully saturated rings. The Morgan fingerprint density at radius 2 is 2.25 bits per heavy atom. The molecule has 0 radical (unpaired) electrons. The van der Waals surface area contributed by atoms with Gasteiger partial charge >= 0.3 is 0 Å². The smallest absolute Gasteiger partial charge is 0.133 e. The van der Waals surface area contributed by atoms with E-state index in [2.05, 4.69) is 0 Å². The summed E-state index contributed by atoms with van der Waals surface area (Å²) >= 11 is 1.64. The summed E-state index contributed by atoms with van der Waals surface area (Å²) in [5.74, 6) is 0.837. The number of benzene rings is 1. The number of hydrogen-bond acceptors (Lipinski definition) is 3. The summed E-state index contributed by atoms with van der Waals surface area (Å²) < 4.78 is 5.15. The van der Waals surface area contributed by atoms with Crippen LogP contribution in [0.15, 0.2) is 23.1 Å². The first kappa shape index (κ1) is 9.13. The highest BCUT2D eigenvalue weighted by atomic mass is 32.2. The zero-order chi connectivity index (χ0) is 8.97. The van der Waals surface area contributed by atoms with E-state index in [1.54, 1.807) is 18.9 Å². The first-order valence-corrected chi connectivity index (χ1v) is 4.76. The molecule has 0 aliphatic heterocycles. The van der Waals surface area contributed by atoms with E-state index in [4.69, 9.17) is 10.1 Å².